The predicted molar refractivity (Wildman–Crippen MR) is 53.8 cm³/mol. The molecule has 1 aromatic heterocycles. The average Bonchev–Trinajstić information content (AvgIpc) is 2.46. The van der Waals surface area contributed by atoms with Crippen LogP contribution >= 0.6 is 22.9 Å². The second kappa shape index (κ2) is 3.01. The third-order valence-electron chi connectivity index (χ3n) is 1.76. The number of carbonyl (C=O) groups is 1. The smallest absolute Gasteiger partial charge is 0.346 e. The summed E-state index contributed by atoms with van der Waals surface area (Å²) >= 11 is 6.99. The lowest BCUT2D eigenvalue weighted by Crippen LogP contribution is -1.91. The fourth-order valence-electron chi connectivity index (χ4n) is 1.19. The molecule has 0 unspecified atom stereocenters. The monoisotopic (exact) mass is 212 g/mol. The third kappa shape index (κ3) is 1.41. The van der Waals surface area contributed by atoms with Crippen molar-refractivity contribution in [3.63, 3.8) is 0 Å². The summed E-state index contributed by atoms with van der Waals surface area (Å²) in [7, 11) is 0. The molecule has 0 fully saturated rings. The molecule has 0 aliphatic carbocycles. The van der Waals surface area contributed by atoms with Crippen molar-refractivity contribution < 1.29 is 9.90 Å². The fraction of sp³-hybridized carbons (Fsp3) is 0. The SMILES string of the molecule is O=C(O)c1scc2cc(Cl)ccc12. The molecule has 4 heteroatoms. The Morgan fingerprint density at radius 2 is 2.23 bits per heavy atom. The van der Waals surface area contributed by atoms with Gasteiger partial charge in [-0.25, -0.2) is 4.79 Å². The number of hydrogen-bond donors (Lipinski definition) is 1. The zero-order valence-corrected chi connectivity index (χ0v) is 8.02. The summed E-state index contributed by atoms with van der Waals surface area (Å²) < 4.78 is 0. The molecule has 0 spiro atoms. The van der Waals surface area contributed by atoms with Crippen LogP contribution in [0.4, 0.5) is 0 Å². The number of carboxylic acids is 1. The minimum absolute atomic E-state index is 0.367. The van der Waals surface area contributed by atoms with Gasteiger partial charge in [0.15, 0.2) is 0 Å². The molecule has 2 aromatic rings. The molecule has 2 nitrogen and oxygen atoms in total. The Balaban J connectivity index is 2.76. The molecule has 1 N–H and O–H groups in total. The van der Waals surface area contributed by atoms with Gasteiger partial charge < -0.3 is 5.11 Å². The van der Waals surface area contributed by atoms with E-state index in [9.17, 15) is 4.79 Å². The normalized spacial score (nSPS) is 10.5. The molecule has 1 heterocycles. The van der Waals surface area contributed by atoms with Crippen LogP contribution in [0.25, 0.3) is 10.8 Å². The number of thiophene rings is 1. The van der Waals surface area contributed by atoms with E-state index in [1.165, 1.54) is 11.3 Å². The Morgan fingerprint density at radius 1 is 1.46 bits per heavy atom. The van der Waals surface area contributed by atoms with E-state index < -0.39 is 5.97 Å². The van der Waals surface area contributed by atoms with Crippen LogP contribution in [0.5, 0.6) is 0 Å². The van der Waals surface area contributed by atoms with E-state index in [1.54, 1.807) is 23.6 Å². The van der Waals surface area contributed by atoms with Gasteiger partial charge in [0.2, 0.25) is 0 Å². The Kier molecular flexibility index (Phi) is 1.98. The van der Waals surface area contributed by atoms with Crippen LogP contribution in [0.15, 0.2) is 23.6 Å². The van der Waals surface area contributed by atoms with Gasteiger partial charge in [-0.3, -0.25) is 0 Å². The minimum Gasteiger partial charge on any atom is -0.477 e. The van der Waals surface area contributed by atoms with Crippen molar-refractivity contribution in [2.24, 2.45) is 0 Å². The first kappa shape index (κ1) is 8.53. The van der Waals surface area contributed by atoms with Crippen LogP contribution in [0.1, 0.15) is 9.67 Å². The molecule has 0 amide bonds. The summed E-state index contributed by atoms with van der Waals surface area (Å²) in [5.74, 6) is -0.887. The van der Waals surface area contributed by atoms with E-state index >= 15 is 0 Å². The van der Waals surface area contributed by atoms with Gasteiger partial charge in [-0.2, -0.15) is 0 Å². The Labute approximate surface area is 83.4 Å². The molecule has 0 saturated heterocycles. The molecular formula is C9H5ClO2S. The van der Waals surface area contributed by atoms with Gasteiger partial charge in [0, 0.05) is 10.4 Å². The largest absolute Gasteiger partial charge is 0.477 e. The topological polar surface area (TPSA) is 37.3 Å². The summed E-state index contributed by atoms with van der Waals surface area (Å²) in [6, 6.07) is 5.19. The molecule has 0 bridgehead atoms. The zero-order chi connectivity index (χ0) is 9.42. The number of hydrogen-bond acceptors (Lipinski definition) is 2. The highest BCUT2D eigenvalue weighted by molar-refractivity contribution is 7.13. The van der Waals surface area contributed by atoms with Crippen molar-refractivity contribution in [1.82, 2.24) is 0 Å². The maximum Gasteiger partial charge on any atom is 0.346 e. The molecule has 0 radical (unpaired) electrons. The molecule has 13 heavy (non-hydrogen) atoms. The van der Waals surface area contributed by atoms with Crippen molar-refractivity contribution in [3.05, 3.63) is 33.5 Å². The lowest BCUT2D eigenvalue weighted by atomic mass is 10.2. The summed E-state index contributed by atoms with van der Waals surface area (Å²) in [4.78, 5) is 11.1. The number of fused-ring (bicyclic) bond motifs is 1. The number of aromatic carboxylic acids is 1. The van der Waals surface area contributed by atoms with Gasteiger partial charge in [0.05, 0.1) is 0 Å². The summed E-state index contributed by atoms with van der Waals surface area (Å²) in [6.07, 6.45) is 0. The molecule has 2 rings (SSSR count). The quantitative estimate of drug-likeness (QED) is 0.788. The Morgan fingerprint density at radius 3 is 2.92 bits per heavy atom. The first-order valence-electron chi connectivity index (χ1n) is 3.58. The van der Waals surface area contributed by atoms with Crippen molar-refractivity contribution in [2.45, 2.75) is 0 Å². The van der Waals surface area contributed by atoms with Crippen LogP contribution < -0.4 is 0 Å². The van der Waals surface area contributed by atoms with E-state index in [2.05, 4.69) is 0 Å². The van der Waals surface area contributed by atoms with E-state index in [0.717, 1.165) is 10.8 Å². The lowest BCUT2D eigenvalue weighted by Gasteiger charge is -1.92. The summed E-state index contributed by atoms with van der Waals surface area (Å²) in [5.41, 5.74) is 0. The highest BCUT2D eigenvalue weighted by Crippen LogP contribution is 2.27. The number of benzene rings is 1. The van der Waals surface area contributed by atoms with Gasteiger partial charge in [-0.15, -0.1) is 11.3 Å². The van der Waals surface area contributed by atoms with Crippen LogP contribution in [0, 0.1) is 0 Å². The van der Waals surface area contributed by atoms with Crippen molar-refractivity contribution >= 4 is 39.7 Å². The van der Waals surface area contributed by atoms with Crippen LogP contribution in [0.2, 0.25) is 5.02 Å². The first-order chi connectivity index (χ1) is 6.18. The molecule has 0 aliphatic heterocycles. The van der Waals surface area contributed by atoms with E-state index in [0.29, 0.717) is 9.90 Å². The zero-order valence-electron chi connectivity index (χ0n) is 6.45. The average molecular weight is 213 g/mol. The summed E-state index contributed by atoms with van der Waals surface area (Å²) in [6.45, 7) is 0. The molecular weight excluding hydrogens is 208 g/mol. The van der Waals surface area contributed by atoms with Crippen LogP contribution in [0.3, 0.4) is 0 Å². The van der Waals surface area contributed by atoms with Crippen LogP contribution in [-0.2, 0) is 0 Å². The van der Waals surface area contributed by atoms with E-state index in [-0.39, 0.29) is 0 Å². The third-order valence-corrected chi connectivity index (χ3v) is 2.99. The van der Waals surface area contributed by atoms with E-state index in [1.807, 2.05) is 0 Å². The first-order valence-corrected chi connectivity index (χ1v) is 4.84. The highest BCUT2D eigenvalue weighted by atomic mass is 35.5. The van der Waals surface area contributed by atoms with Gasteiger partial charge in [0.1, 0.15) is 4.88 Å². The van der Waals surface area contributed by atoms with Gasteiger partial charge in [-0.05, 0) is 22.9 Å². The van der Waals surface area contributed by atoms with Crippen molar-refractivity contribution in [3.8, 4) is 0 Å². The second-order valence-electron chi connectivity index (χ2n) is 2.60. The molecule has 0 aliphatic rings. The molecule has 66 valence electrons. The maximum absolute atomic E-state index is 10.7. The minimum atomic E-state index is -0.887. The van der Waals surface area contributed by atoms with Crippen molar-refractivity contribution in [1.29, 1.82) is 0 Å². The Hall–Kier alpha value is -1.06. The highest BCUT2D eigenvalue weighted by Gasteiger charge is 2.10. The molecule has 0 atom stereocenters. The summed E-state index contributed by atoms with van der Waals surface area (Å²) in [5, 5.41) is 12.9. The van der Waals surface area contributed by atoms with Crippen LogP contribution in [-0.4, -0.2) is 11.1 Å². The van der Waals surface area contributed by atoms with Gasteiger partial charge in [-0.1, -0.05) is 17.7 Å². The van der Waals surface area contributed by atoms with Gasteiger partial charge >= 0.3 is 5.97 Å². The lowest BCUT2D eigenvalue weighted by molar-refractivity contribution is 0.0704. The number of halogens is 1. The Bertz CT molecular complexity index is 475. The van der Waals surface area contributed by atoms with E-state index in [4.69, 9.17) is 16.7 Å². The molecule has 1 aromatic carbocycles. The second-order valence-corrected chi connectivity index (χ2v) is 3.92. The number of carboxylic acid groups (broad SMARTS) is 1. The molecule has 0 saturated carbocycles. The standard InChI is InChI=1S/C9H5ClO2S/c10-6-1-2-7-5(3-6)4-13-8(7)9(11)12/h1-4H,(H,11,12). The van der Waals surface area contributed by atoms with Gasteiger partial charge in [0.25, 0.3) is 0 Å². The maximum atomic E-state index is 10.7. The fourth-order valence-corrected chi connectivity index (χ4v) is 2.22. The predicted octanol–water partition coefficient (Wildman–Crippen LogP) is 3.25. The van der Waals surface area contributed by atoms with Crippen molar-refractivity contribution in [2.75, 3.05) is 0 Å². The number of rotatable bonds is 1.